The van der Waals surface area contributed by atoms with E-state index in [0.29, 0.717) is 6.54 Å². The fraction of sp³-hybridized carbons (Fsp3) is 0.261. The first kappa shape index (κ1) is 22.8. The number of hydrogen-bond donors (Lipinski definition) is 2. The second-order valence-electron chi connectivity index (χ2n) is 7.00. The molecule has 0 fully saturated rings. The topological polar surface area (TPSA) is 72.1 Å². The lowest BCUT2D eigenvalue weighted by Gasteiger charge is -2.12. The van der Waals surface area contributed by atoms with Gasteiger partial charge in [-0.25, -0.2) is 4.99 Å². The number of halogens is 1. The Bertz CT molecular complexity index is 1100. The zero-order chi connectivity index (χ0) is 20.6. The lowest BCUT2D eigenvalue weighted by atomic mass is 10.2. The van der Waals surface area contributed by atoms with Crippen molar-refractivity contribution in [2.45, 2.75) is 26.4 Å². The lowest BCUT2D eigenvalue weighted by Crippen LogP contribution is -2.38. The maximum atomic E-state index is 4.69. The minimum absolute atomic E-state index is 0. The van der Waals surface area contributed by atoms with Gasteiger partial charge >= 0.3 is 0 Å². The summed E-state index contributed by atoms with van der Waals surface area (Å²) in [6.45, 7) is 5.12. The number of nitrogens with one attached hydrogen (secondary N) is 2. The number of aliphatic imine (C=N–C) groups is 1. The molecule has 4 aromatic rings. The van der Waals surface area contributed by atoms with Crippen LogP contribution < -0.4 is 10.6 Å². The predicted octanol–water partition coefficient (Wildman–Crippen LogP) is 3.99. The highest BCUT2D eigenvalue weighted by Gasteiger charge is 2.06. The van der Waals surface area contributed by atoms with Gasteiger partial charge in [0.05, 0.1) is 0 Å². The summed E-state index contributed by atoms with van der Waals surface area (Å²) >= 11 is 0. The summed E-state index contributed by atoms with van der Waals surface area (Å²) in [6, 6.07) is 20.7. The molecule has 0 aliphatic rings. The van der Waals surface area contributed by atoms with Gasteiger partial charge in [0.2, 0.25) is 0 Å². The van der Waals surface area contributed by atoms with E-state index in [9.17, 15) is 0 Å². The van der Waals surface area contributed by atoms with Gasteiger partial charge in [-0.05, 0) is 43.0 Å². The van der Waals surface area contributed by atoms with Crippen LogP contribution in [0.15, 0.2) is 78.2 Å². The van der Waals surface area contributed by atoms with Gasteiger partial charge in [-0.1, -0.05) is 36.4 Å². The van der Waals surface area contributed by atoms with Crippen LogP contribution in [-0.4, -0.2) is 38.4 Å². The number of rotatable bonds is 8. The van der Waals surface area contributed by atoms with Crippen LogP contribution in [-0.2, 0) is 13.1 Å². The average molecular weight is 529 g/mol. The maximum Gasteiger partial charge on any atom is 0.191 e. The molecule has 2 N–H and O–H groups in total. The molecular weight excluding hydrogens is 501 g/mol. The summed E-state index contributed by atoms with van der Waals surface area (Å²) in [4.78, 5) is 4.69. The molecule has 0 amide bonds. The van der Waals surface area contributed by atoms with E-state index in [1.807, 2.05) is 34.9 Å². The van der Waals surface area contributed by atoms with Gasteiger partial charge in [-0.3, -0.25) is 4.57 Å². The molecule has 0 atom stereocenters. The molecule has 162 valence electrons. The zero-order valence-electron chi connectivity index (χ0n) is 17.6. The monoisotopic (exact) mass is 529 g/mol. The van der Waals surface area contributed by atoms with Crippen LogP contribution in [0.25, 0.3) is 16.6 Å². The molecule has 0 unspecified atom stereocenters. The molecule has 0 aliphatic heterocycles. The third-order valence-corrected chi connectivity index (χ3v) is 4.92. The number of aromatic nitrogens is 4. The normalized spacial score (nSPS) is 11.3. The van der Waals surface area contributed by atoms with Gasteiger partial charge in [0, 0.05) is 37.0 Å². The SMILES string of the molecule is CCNC(=NCc1nncn1-c1ccccc1)NCCCn1ccc2ccccc21.I. The molecule has 0 saturated heterocycles. The first-order valence-electron chi connectivity index (χ1n) is 10.4. The summed E-state index contributed by atoms with van der Waals surface area (Å²) in [5, 5.41) is 16.3. The Hall–Kier alpha value is -2.88. The Morgan fingerprint density at radius 1 is 1.00 bits per heavy atom. The fourth-order valence-corrected chi connectivity index (χ4v) is 3.45. The molecule has 0 saturated carbocycles. The van der Waals surface area contributed by atoms with Crippen molar-refractivity contribution in [2.75, 3.05) is 13.1 Å². The van der Waals surface area contributed by atoms with Gasteiger partial charge in [0.1, 0.15) is 12.9 Å². The molecule has 0 spiro atoms. The average Bonchev–Trinajstić information content (AvgIpc) is 3.43. The van der Waals surface area contributed by atoms with Gasteiger partial charge in [0.25, 0.3) is 0 Å². The van der Waals surface area contributed by atoms with Crippen molar-refractivity contribution < 1.29 is 0 Å². The highest BCUT2D eigenvalue weighted by Crippen LogP contribution is 2.15. The van der Waals surface area contributed by atoms with Crippen LogP contribution >= 0.6 is 24.0 Å². The Morgan fingerprint density at radius 3 is 2.65 bits per heavy atom. The largest absolute Gasteiger partial charge is 0.357 e. The van der Waals surface area contributed by atoms with Crippen molar-refractivity contribution in [3.8, 4) is 5.69 Å². The summed E-state index contributed by atoms with van der Waals surface area (Å²) in [5.41, 5.74) is 2.31. The molecule has 0 bridgehead atoms. The highest BCUT2D eigenvalue weighted by atomic mass is 127. The summed E-state index contributed by atoms with van der Waals surface area (Å²) in [5.74, 6) is 1.59. The van der Waals surface area contributed by atoms with E-state index in [2.05, 4.69) is 68.9 Å². The third-order valence-electron chi connectivity index (χ3n) is 4.92. The van der Waals surface area contributed by atoms with Gasteiger partial charge in [-0.15, -0.1) is 34.2 Å². The first-order valence-corrected chi connectivity index (χ1v) is 10.4. The molecular formula is C23H28IN7. The zero-order valence-corrected chi connectivity index (χ0v) is 19.9. The number of aryl methyl sites for hydroxylation is 1. The Morgan fingerprint density at radius 2 is 1.81 bits per heavy atom. The lowest BCUT2D eigenvalue weighted by molar-refractivity contribution is 0.640. The van der Waals surface area contributed by atoms with Crippen LogP contribution in [0.3, 0.4) is 0 Å². The van der Waals surface area contributed by atoms with E-state index in [1.165, 1.54) is 10.9 Å². The second kappa shape index (κ2) is 11.5. The maximum absolute atomic E-state index is 4.69. The molecule has 0 aliphatic carbocycles. The van der Waals surface area contributed by atoms with Gasteiger partial charge < -0.3 is 15.2 Å². The molecule has 2 heterocycles. The van der Waals surface area contributed by atoms with Crippen molar-refractivity contribution in [1.82, 2.24) is 30.0 Å². The van der Waals surface area contributed by atoms with Crippen molar-refractivity contribution >= 4 is 40.8 Å². The molecule has 4 rings (SSSR count). The minimum Gasteiger partial charge on any atom is -0.357 e. The smallest absolute Gasteiger partial charge is 0.191 e. The molecule has 8 heteroatoms. The number of para-hydroxylation sites is 2. The van der Waals surface area contributed by atoms with Crippen LogP contribution in [0.4, 0.5) is 0 Å². The molecule has 2 aromatic heterocycles. The minimum atomic E-state index is 0. The number of nitrogens with zero attached hydrogens (tertiary/aromatic N) is 5. The van der Waals surface area contributed by atoms with Crippen molar-refractivity contribution in [2.24, 2.45) is 4.99 Å². The van der Waals surface area contributed by atoms with E-state index >= 15 is 0 Å². The van der Waals surface area contributed by atoms with E-state index in [1.54, 1.807) is 6.33 Å². The van der Waals surface area contributed by atoms with E-state index in [4.69, 9.17) is 4.99 Å². The highest BCUT2D eigenvalue weighted by molar-refractivity contribution is 14.0. The predicted molar refractivity (Wildman–Crippen MR) is 136 cm³/mol. The summed E-state index contributed by atoms with van der Waals surface area (Å²) in [6.07, 6.45) is 4.88. The Kier molecular flexibility index (Phi) is 8.45. The number of fused-ring (bicyclic) bond motifs is 1. The standard InChI is InChI=1S/C23H27N7.HI/c1-2-24-23(25-14-8-15-29-16-13-19-9-6-7-12-21(19)29)26-17-22-28-27-18-30(22)20-10-4-3-5-11-20;/h3-7,9-13,16,18H,2,8,14-15,17H2,1H3,(H2,24,25,26);1H. The fourth-order valence-electron chi connectivity index (χ4n) is 3.45. The molecule has 31 heavy (non-hydrogen) atoms. The molecule has 2 aromatic carbocycles. The third kappa shape index (κ3) is 5.84. The van der Waals surface area contributed by atoms with E-state index < -0.39 is 0 Å². The van der Waals surface area contributed by atoms with Crippen molar-refractivity contribution in [3.05, 3.63) is 79.0 Å². The molecule has 0 radical (unpaired) electrons. The second-order valence-corrected chi connectivity index (χ2v) is 7.00. The summed E-state index contributed by atoms with van der Waals surface area (Å²) in [7, 11) is 0. The van der Waals surface area contributed by atoms with Crippen LogP contribution in [0.1, 0.15) is 19.2 Å². The van der Waals surface area contributed by atoms with Crippen LogP contribution in [0.2, 0.25) is 0 Å². The van der Waals surface area contributed by atoms with Crippen molar-refractivity contribution in [3.63, 3.8) is 0 Å². The van der Waals surface area contributed by atoms with Crippen LogP contribution in [0.5, 0.6) is 0 Å². The quantitative estimate of drug-likeness (QED) is 0.157. The number of hydrogen-bond acceptors (Lipinski definition) is 3. The summed E-state index contributed by atoms with van der Waals surface area (Å²) < 4.78 is 4.26. The molecule has 7 nitrogen and oxygen atoms in total. The van der Waals surface area contributed by atoms with E-state index in [-0.39, 0.29) is 24.0 Å². The van der Waals surface area contributed by atoms with Gasteiger partial charge in [-0.2, -0.15) is 0 Å². The Labute approximate surface area is 199 Å². The van der Waals surface area contributed by atoms with E-state index in [0.717, 1.165) is 43.5 Å². The first-order chi connectivity index (χ1) is 14.8. The number of benzene rings is 2. The van der Waals surface area contributed by atoms with Gasteiger partial charge in [0.15, 0.2) is 11.8 Å². The van der Waals surface area contributed by atoms with Crippen molar-refractivity contribution in [1.29, 1.82) is 0 Å². The number of guanidine groups is 1. The van der Waals surface area contributed by atoms with Crippen LogP contribution in [0, 0.1) is 0 Å². The Balaban J connectivity index is 0.00000272.